The standard InChI is InChI=1S/C14H13Cl2IN2O/c1-20-13-5-3-9(15)7-10(13)14(19-18)8-2-4-12(17)11(16)6-8/h2-7,14,19H,18H2,1H3. The summed E-state index contributed by atoms with van der Waals surface area (Å²) in [6.07, 6.45) is 0. The second-order valence-corrected chi connectivity index (χ2v) is 6.17. The van der Waals surface area contributed by atoms with Gasteiger partial charge < -0.3 is 4.74 Å². The van der Waals surface area contributed by atoms with Gasteiger partial charge in [0.15, 0.2) is 0 Å². The third-order valence-electron chi connectivity index (χ3n) is 2.95. The first-order chi connectivity index (χ1) is 9.56. The predicted molar refractivity (Wildman–Crippen MR) is 91.3 cm³/mol. The number of nitrogens with two attached hydrogens (primary N) is 1. The van der Waals surface area contributed by atoms with Gasteiger partial charge in [-0.05, 0) is 58.5 Å². The van der Waals surface area contributed by atoms with E-state index in [9.17, 15) is 0 Å². The Morgan fingerprint density at radius 2 is 1.95 bits per heavy atom. The van der Waals surface area contributed by atoms with Crippen LogP contribution in [0.2, 0.25) is 10.0 Å². The molecule has 0 amide bonds. The Hall–Kier alpha value is -0.530. The highest BCUT2D eigenvalue weighted by molar-refractivity contribution is 14.1. The van der Waals surface area contributed by atoms with E-state index in [1.807, 2.05) is 30.3 Å². The fraction of sp³-hybridized carbons (Fsp3) is 0.143. The van der Waals surface area contributed by atoms with Gasteiger partial charge in [-0.25, -0.2) is 5.43 Å². The van der Waals surface area contributed by atoms with E-state index in [0.29, 0.717) is 15.8 Å². The molecule has 1 atom stereocenters. The van der Waals surface area contributed by atoms with Crippen molar-refractivity contribution in [2.24, 2.45) is 5.84 Å². The average Bonchev–Trinajstić information content (AvgIpc) is 2.44. The SMILES string of the molecule is COc1ccc(Cl)cc1C(NN)c1ccc(I)c(Cl)c1. The van der Waals surface area contributed by atoms with Crippen molar-refractivity contribution in [3.05, 3.63) is 61.1 Å². The van der Waals surface area contributed by atoms with Crippen LogP contribution in [0.3, 0.4) is 0 Å². The van der Waals surface area contributed by atoms with E-state index in [1.165, 1.54) is 0 Å². The summed E-state index contributed by atoms with van der Waals surface area (Å²) in [6.45, 7) is 0. The zero-order valence-corrected chi connectivity index (χ0v) is 14.3. The van der Waals surface area contributed by atoms with E-state index in [0.717, 1.165) is 14.7 Å². The lowest BCUT2D eigenvalue weighted by atomic mass is 9.98. The number of hydrazine groups is 1. The number of hydrogen-bond acceptors (Lipinski definition) is 3. The zero-order valence-electron chi connectivity index (χ0n) is 10.7. The maximum absolute atomic E-state index is 6.17. The summed E-state index contributed by atoms with van der Waals surface area (Å²) in [5.74, 6) is 6.42. The minimum Gasteiger partial charge on any atom is -0.496 e. The molecule has 0 aromatic heterocycles. The van der Waals surface area contributed by atoms with Gasteiger partial charge in [-0.2, -0.15) is 0 Å². The fourth-order valence-corrected chi connectivity index (χ4v) is 2.69. The van der Waals surface area contributed by atoms with Crippen molar-refractivity contribution in [1.82, 2.24) is 5.43 Å². The lowest BCUT2D eigenvalue weighted by molar-refractivity contribution is 0.404. The molecule has 106 valence electrons. The Balaban J connectivity index is 2.51. The Labute approximate surface area is 141 Å². The normalized spacial score (nSPS) is 12.2. The van der Waals surface area contributed by atoms with Gasteiger partial charge >= 0.3 is 0 Å². The minimum absolute atomic E-state index is 0.252. The summed E-state index contributed by atoms with van der Waals surface area (Å²) >= 11 is 14.4. The molecule has 0 aliphatic carbocycles. The zero-order chi connectivity index (χ0) is 14.7. The molecule has 20 heavy (non-hydrogen) atoms. The van der Waals surface area contributed by atoms with Crippen molar-refractivity contribution in [3.63, 3.8) is 0 Å². The van der Waals surface area contributed by atoms with Gasteiger partial charge in [0.25, 0.3) is 0 Å². The summed E-state index contributed by atoms with van der Waals surface area (Å²) in [5.41, 5.74) is 4.59. The summed E-state index contributed by atoms with van der Waals surface area (Å²) in [6, 6.07) is 11.0. The third-order valence-corrected chi connectivity index (χ3v) is 4.75. The van der Waals surface area contributed by atoms with E-state index >= 15 is 0 Å². The second-order valence-electron chi connectivity index (χ2n) is 4.16. The van der Waals surface area contributed by atoms with Crippen LogP contribution in [-0.4, -0.2) is 7.11 Å². The molecule has 0 spiro atoms. The van der Waals surface area contributed by atoms with E-state index in [4.69, 9.17) is 33.8 Å². The lowest BCUT2D eigenvalue weighted by Gasteiger charge is -2.20. The highest BCUT2D eigenvalue weighted by Gasteiger charge is 2.18. The Bertz CT molecular complexity index is 622. The van der Waals surface area contributed by atoms with Crippen molar-refractivity contribution >= 4 is 45.8 Å². The molecule has 0 aliphatic rings. The molecule has 0 heterocycles. The lowest BCUT2D eigenvalue weighted by Crippen LogP contribution is -2.29. The molecule has 0 fully saturated rings. The van der Waals surface area contributed by atoms with Crippen molar-refractivity contribution < 1.29 is 4.74 Å². The van der Waals surface area contributed by atoms with Gasteiger partial charge in [0, 0.05) is 14.2 Å². The third kappa shape index (κ3) is 3.38. The molecule has 0 saturated carbocycles. The van der Waals surface area contributed by atoms with Gasteiger partial charge in [-0.3, -0.25) is 5.84 Å². The number of hydrogen-bond donors (Lipinski definition) is 2. The molecule has 0 bridgehead atoms. The fourth-order valence-electron chi connectivity index (χ4n) is 1.99. The molecule has 2 aromatic rings. The minimum atomic E-state index is -0.252. The van der Waals surface area contributed by atoms with Crippen LogP contribution in [0, 0.1) is 3.57 Å². The molecule has 3 nitrogen and oxygen atoms in total. The molecular weight excluding hydrogens is 410 g/mol. The van der Waals surface area contributed by atoms with Crippen molar-refractivity contribution in [2.75, 3.05) is 7.11 Å². The number of halogens is 3. The summed E-state index contributed by atoms with van der Waals surface area (Å²) in [5, 5.41) is 1.31. The largest absolute Gasteiger partial charge is 0.496 e. The highest BCUT2D eigenvalue weighted by Crippen LogP contribution is 2.33. The Morgan fingerprint density at radius 1 is 1.20 bits per heavy atom. The van der Waals surface area contributed by atoms with Crippen LogP contribution in [0.4, 0.5) is 0 Å². The number of methoxy groups -OCH3 is 1. The van der Waals surface area contributed by atoms with E-state index in [-0.39, 0.29) is 6.04 Å². The summed E-state index contributed by atoms with van der Waals surface area (Å²) in [4.78, 5) is 0. The van der Waals surface area contributed by atoms with Gasteiger partial charge in [0.2, 0.25) is 0 Å². The van der Waals surface area contributed by atoms with Crippen LogP contribution in [0.1, 0.15) is 17.2 Å². The van der Waals surface area contributed by atoms with Crippen LogP contribution in [0.5, 0.6) is 5.75 Å². The molecule has 2 rings (SSSR count). The molecule has 2 aromatic carbocycles. The van der Waals surface area contributed by atoms with Crippen LogP contribution in [-0.2, 0) is 0 Å². The molecule has 6 heteroatoms. The molecule has 3 N–H and O–H groups in total. The molecular formula is C14H13Cl2IN2O. The quantitative estimate of drug-likeness (QED) is 0.441. The smallest absolute Gasteiger partial charge is 0.124 e. The van der Waals surface area contributed by atoms with Gasteiger partial charge in [0.1, 0.15) is 5.75 Å². The molecule has 0 aliphatic heterocycles. The maximum atomic E-state index is 6.17. The van der Waals surface area contributed by atoms with Crippen LogP contribution < -0.4 is 16.0 Å². The van der Waals surface area contributed by atoms with Gasteiger partial charge in [-0.1, -0.05) is 29.3 Å². The predicted octanol–water partition coefficient (Wildman–Crippen LogP) is 4.16. The van der Waals surface area contributed by atoms with Crippen LogP contribution >= 0.6 is 45.8 Å². The first kappa shape index (κ1) is 15.9. The van der Waals surface area contributed by atoms with Crippen molar-refractivity contribution in [3.8, 4) is 5.75 Å². The summed E-state index contributed by atoms with van der Waals surface area (Å²) in [7, 11) is 1.61. The number of rotatable bonds is 4. The Kier molecular flexibility index (Phi) is 5.51. The number of nitrogens with one attached hydrogen (secondary N) is 1. The monoisotopic (exact) mass is 422 g/mol. The van der Waals surface area contributed by atoms with E-state index in [2.05, 4.69) is 28.0 Å². The molecule has 0 saturated heterocycles. The number of benzene rings is 2. The molecule has 1 unspecified atom stereocenters. The topological polar surface area (TPSA) is 47.3 Å². The van der Waals surface area contributed by atoms with Crippen molar-refractivity contribution in [2.45, 2.75) is 6.04 Å². The van der Waals surface area contributed by atoms with E-state index < -0.39 is 0 Å². The maximum Gasteiger partial charge on any atom is 0.124 e. The van der Waals surface area contributed by atoms with Crippen LogP contribution in [0.25, 0.3) is 0 Å². The summed E-state index contributed by atoms with van der Waals surface area (Å²) < 4.78 is 6.36. The first-order valence-corrected chi connectivity index (χ1v) is 7.64. The van der Waals surface area contributed by atoms with Crippen LogP contribution in [0.15, 0.2) is 36.4 Å². The van der Waals surface area contributed by atoms with Crippen molar-refractivity contribution in [1.29, 1.82) is 0 Å². The average molecular weight is 423 g/mol. The number of ether oxygens (including phenoxy) is 1. The van der Waals surface area contributed by atoms with Gasteiger partial charge in [-0.15, -0.1) is 0 Å². The van der Waals surface area contributed by atoms with E-state index in [1.54, 1.807) is 13.2 Å². The molecule has 0 radical (unpaired) electrons. The highest BCUT2D eigenvalue weighted by atomic mass is 127. The Morgan fingerprint density at radius 3 is 2.55 bits per heavy atom. The second kappa shape index (κ2) is 6.95. The first-order valence-electron chi connectivity index (χ1n) is 5.81. The van der Waals surface area contributed by atoms with Gasteiger partial charge in [0.05, 0.1) is 18.2 Å².